The highest BCUT2D eigenvalue weighted by molar-refractivity contribution is 7.15. The second-order valence-corrected chi connectivity index (χ2v) is 12.6. The number of hydrogen-bond donors (Lipinski definition) is 2. The Kier molecular flexibility index (Phi) is 7.00. The van der Waals surface area contributed by atoms with Gasteiger partial charge in [-0.25, -0.2) is 4.98 Å². The fourth-order valence-corrected chi connectivity index (χ4v) is 8.46. The number of aliphatic hydroxyl groups is 1. The number of aromatic nitrogens is 1. The number of amides is 1. The van der Waals surface area contributed by atoms with Crippen molar-refractivity contribution in [1.82, 2.24) is 4.98 Å². The number of aliphatic imine (C=N–C) groups is 1. The van der Waals surface area contributed by atoms with Gasteiger partial charge in [0, 0.05) is 43.1 Å². The van der Waals surface area contributed by atoms with Crippen LogP contribution in [0, 0.1) is 30.1 Å². The molecule has 2 fully saturated rings. The zero-order valence-corrected chi connectivity index (χ0v) is 22.9. The fourth-order valence-electron chi connectivity index (χ4n) is 7.78. The molecule has 8 heteroatoms. The standard InChI is InChI=1S/C29H37N3O4S/c1-17-15-31-27(37-17)32-25(34)10-6-20-14-29(35,16-30-4)28(3)12-11-23-22-9-7-21(36-18(2)33)13-19(22)5-8-24(23)26(20)28/h7,9,13,15-16,20,23-24,26,35H,5-6,8,10-12,14H2,1-4H3,(H,31,32,34)/b30-16+/t20-,23?,24?,26?,28+,29-/m1/s1. The SMILES string of the molecule is C/N=C/[C@]1(O)C[C@@H](CCC(=O)Nc2ncc(C)s2)C2C3CCc4cc(OC(C)=O)ccc4C3CC[C@@]21C. The summed E-state index contributed by atoms with van der Waals surface area (Å²) in [5.41, 5.74) is 1.37. The minimum atomic E-state index is -0.968. The Bertz CT molecular complexity index is 1230. The average molecular weight is 524 g/mol. The summed E-state index contributed by atoms with van der Waals surface area (Å²) in [6, 6.07) is 6.07. The molecular weight excluding hydrogens is 486 g/mol. The maximum Gasteiger partial charge on any atom is 0.308 e. The van der Waals surface area contributed by atoms with E-state index in [9.17, 15) is 14.7 Å². The molecule has 0 saturated heterocycles. The van der Waals surface area contributed by atoms with E-state index in [2.05, 4.69) is 28.3 Å². The third-order valence-electron chi connectivity index (χ3n) is 9.23. The lowest BCUT2D eigenvalue weighted by Gasteiger charge is -2.53. The summed E-state index contributed by atoms with van der Waals surface area (Å²) < 4.78 is 5.34. The summed E-state index contributed by atoms with van der Waals surface area (Å²) in [6.07, 6.45) is 9.19. The molecule has 5 rings (SSSR count). The van der Waals surface area contributed by atoms with Crippen molar-refractivity contribution >= 4 is 34.6 Å². The quantitative estimate of drug-likeness (QED) is 0.304. The summed E-state index contributed by atoms with van der Waals surface area (Å²) in [6.45, 7) is 5.64. The monoisotopic (exact) mass is 523 g/mol. The third kappa shape index (κ3) is 4.74. The first-order valence-corrected chi connectivity index (χ1v) is 14.1. The lowest BCUT2D eigenvalue weighted by atomic mass is 9.52. The molecule has 1 aromatic heterocycles. The molecule has 2 aromatic rings. The van der Waals surface area contributed by atoms with Gasteiger partial charge in [-0.15, -0.1) is 11.3 Å². The van der Waals surface area contributed by atoms with E-state index in [1.54, 1.807) is 19.5 Å². The molecular formula is C29H37N3O4S. The van der Waals surface area contributed by atoms with Gasteiger partial charge in [-0.05, 0) is 92.4 Å². The molecule has 0 radical (unpaired) electrons. The van der Waals surface area contributed by atoms with Gasteiger partial charge >= 0.3 is 5.97 Å². The van der Waals surface area contributed by atoms with Gasteiger partial charge in [-0.3, -0.25) is 14.6 Å². The molecule has 0 spiro atoms. The van der Waals surface area contributed by atoms with Crippen LogP contribution in [0.2, 0.25) is 0 Å². The highest BCUT2D eigenvalue weighted by Gasteiger charge is 2.64. The van der Waals surface area contributed by atoms with Crippen molar-refractivity contribution in [1.29, 1.82) is 0 Å². The molecule has 2 N–H and O–H groups in total. The smallest absolute Gasteiger partial charge is 0.308 e. The summed E-state index contributed by atoms with van der Waals surface area (Å²) in [7, 11) is 1.73. The van der Waals surface area contributed by atoms with Gasteiger partial charge in [0.1, 0.15) is 11.4 Å². The van der Waals surface area contributed by atoms with E-state index in [1.165, 1.54) is 29.4 Å². The van der Waals surface area contributed by atoms with Gasteiger partial charge in [0.05, 0.1) is 0 Å². The van der Waals surface area contributed by atoms with Crippen LogP contribution in [0.5, 0.6) is 5.75 Å². The van der Waals surface area contributed by atoms with E-state index in [1.807, 2.05) is 19.1 Å². The summed E-state index contributed by atoms with van der Waals surface area (Å²) in [5, 5.41) is 15.5. The van der Waals surface area contributed by atoms with Crippen LogP contribution < -0.4 is 10.1 Å². The Morgan fingerprint density at radius 2 is 2.16 bits per heavy atom. The Labute approximate surface area is 222 Å². The van der Waals surface area contributed by atoms with Crippen LogP contribution >= 0.6 is 11.3 Å². The molecule has 37 heavy (non-hydrogen) atoms. The number of rotatable bonds is 6. The van der Waals surface area contributed by atoms with Crippen LogP contribution in [0.15, 0.2) is 29.4 Å². The minimum Gasteiger partial charge on any atom is -0.427 e. The normalized spacial score (nSPS) is 32.5. The van der Waals surface area contributed by atoms with Crippen LogP contribution in [0.1, 0.15) is 74.3 Å². The maximum atomic E-state index is 12.8. The highest BCUT2D eigenvalue weighted by Crippen LogP contribution is 2.66. The van der Waals surface area contributed by atoms with Crippen LogP contribution in [0.25, 0.3) is 0 Å². The van der Waals surface area contributed by atoms with Crippen molar-refractivity contribution in [2.24, 2.45) is 28.2 Å². The van der Waals surface area contributed by atoms with E-state index in [-0.39, 0.29) is 23.2 Å². The predicted octanol–water partition coefficient (Wildman–Crippen LogP) is 5.31. The maximum absolute atomic E-state index is 12.8. The first-order valence-electron chi connectivity index (χ1n) is 13.3. The van der Waals surface area contributed by atoms with Crippen molar-refractivity contribution in [3.63, 3.8) is 0 Å². The zero-order chi connectivity index (χ0) is 26.4. The Balaban J connectivity index is 1.39. The number of nitrogens with zero attached hydrogens (tertiary/aromatic N) is 2. The third-order valence-corrected chi connectivity index (χ3v) is 10.1. The molecule has 1 amide bonds. The molecule has 1 heterocycles. The summed E-state index contributed by atoms with van der Waals surface area (Å²) in [5.74, 6) is 1.65. The molecule has 198 valence electrons. The molecule has 3 aliphatic carbocycles. The molecule has 1 aromatic carbocycles. The number of ether oxygens (including phenoxy) is 1. The lowest BCUT2D eigenvalue weighted by Crippen LogP contribution is -2.52. The molecule has 7 nitrogen and oxygen atoms in total. The van der Waals surface area contributed by atoms with Crippen molar-refractivity contribution in [2.45, 2.75) is 77.2 Å². The number of carbonyl (C=O) groups excluding carboxylic acids is 2. The van der Waals surface area contributed by atoms with Crippen molar-refractivity contribution in [3.8, 4) is 5.75 Å². The molecule has 0 bridgehead atoms. The number of nitrogens with one attached hydrogen (secondary N) is 1. The molecule has 6 atom stereocenters. The van der Waals surface area contributed by atoms with Crippen molar-refractivity contribution < 1.29 is 19.4 Å². The van der Waals surface area contributed by atoms with E-state index < -0.39 is 5.60 Å². The molecule has 3 aliphatic rings. The summed E-state index contributed by atoms with van der Waals surface area (Å²) in [4.78, 5) is 33.8. The van der Waals surface area contributed by atoms with E-state index in [4.69, 9.17) is 4.74 Å². The topological polar surface area (TPSA) is 101 Å². The molecule has 2 saturated carbocycles. The fraction of sp³-hybridized carbons (Fsp3) is 0.586. The molecule has 0 aliphatic heterocycles. The first-order chi connectivity index (χ1) is 17.6. The van der Waals surface area contributed by atoms with E-state index in [0.717, 1.165) is 37.0 Å². The predicted molar refractivity (Wildman–Crippen MR) is 145 cm³/mol. The van der Waals surface area contributed by atoms with Gasteiger partial charge in [0.2, 0.25) is 5.91 Å². The zero-order valence-electron chi connectivity index (χ0n) is 22.1. The van der Waals surface area contributed by atoms with Crippen molar-refractivity contribution in [3.05, 3.63) is 40.4 Å². The van der Waals surface area contributed by atoms with E-state index >= 15 is 0 Å². The lowest BCUT2D eigenvalue weighted by molar-refractivity contribution is -0.131. The number of carbonyl (C=O) groups is 2. The van der Waals surface area contributed by atoms with Gasteiger partial charge in [-0.2, -0.15) is 0 Å². The number of anilines is 1. The van der Waals surface area contributed by atoms with Gasteiger partial charge in [-0.1, -0.05) is 13.0 Å². The van der Waals surface area contributed by atoms with E-state index in [0.29, 0.717) is 41.5 Å². The number of hydrogen-bond acceptors (Lipinski definition) is 7. The largest absolute Gasteiger partial charge is 0.427 e. The Morgan fingerprint density at radius 1 is 1.35 bits per heavy atom. The van der Waals surface area contributed by atoms with Crippen LogP contribution in [-0.2, 0) is 16.0 Å². The number of aryl methyl sites for hydroxylation is 2. The van der Waals surface area contributed by atoms with Gasteiger partial charge < -0.3 is 15.2 Å². The van der Waals surface area contributed by atoms with Gasteiger partial charge in [0.25, 0.3) is 0 Å². The Morgan fingerprint density at radius 3 is 2.86 bits per heavy atom. The van der Waals surface area contributed by atoms with Crippen LogP contribution in [-0.4, -0.2) is 40.8 Å². The van der Waals surface area contributed by atoms with Crippen molar-refractivity contribution in [2.75, 3.05) is 12.4 Å². The summed E-state index contributed by atoms with van der Waals surface area (Å²) >= 11 is 1.48. The number of fused-ring (bicyclic) bond motifs is 5. The molecule has 3 unspecified atom stereocenters. The Hall–Kier alpha value is -2.58. The number of esters is 1. The van der Waals surface area contributed by atoms with Crippen LogP contribution in [0.4, 0.5) is 5.13 Å². The second-order valence-electron chi connectivity index (χ2n) is 11.4. The highest BCUT2D eigenvalue weighted by atomic mass is 32.1. The number of benzene rings is 1. The minimum absolute atomic E-state index is 0.0185. The number of thiazole rings is 1. The first kappa shape index (κ1) is 26.0. The van der Waals surface area contributed by atoms with Crippen LogP contribution in [0.3, 0.4) is 0 Å². The second kappa shape index (κ2) is 9.95. The van der Waals surface area contributed by atoms with Gasteiger partial charge in [0.15, 0.2) is 5.13 Å². The average Bonchev–Trinajstić information content (AvgIpc) is 3.34.